The van der Waals surface area contributed by atoms with Crippen molar-refractivity contribution >= 4 is 17.6 Å². The summed E-state index contributed by atoms with van der Waals surface area (Å²) in [6.45, 7) is 1.32. The Bertz CT molecular complexity index is 354. The van der Waals surface area contributed by atoms with Gasteiger partial charge in [-0.25, -0.2) is 9.18 Å². The van der Waals surface area contributed by atoms with Gasteiger partial charge in [-0.1, -0.05) is 11.6 Å². The Morgan fingerprint density at radius 3 is 2.79 bits per heavy atom. The first-order valence-corrected chi connectivity index (χ1v) is 4.23. The molecule has 1 aromatic rings. The quantitative estimate of drug-likeness (QED) is 0.847. The Balaban J connectivity index is 2.82. The number of rotatable bonds is 3. The molecule has 0 heterocycles. The Labute approximate surface area is 85.1 Å². The molecule has 5 heteroatoms. The van der Waals surface area contributed by atoms with Crippen LogP contribution in [-0.2, 0) is 4.79 Å². The van der Waals surface area contributed by atoms with Gasteiger partial charge in [-0.15, -0.1) is 0 Å². The highest BCUT2D eigenvalue weighted by Gasteiger charge is 2.14. The summed E-state index contributed by atoms with van der Waals surface area (Å²) >= 11 is 5.50. The maximum atomic E-state index is 13.1. The summed E-state index contributed by atoms with van der Waals surface area (Å²) in [5.41, 5.74) is 0. The number of carboxylic acid groups (broad SMARTS) is 1. The molecule has 0 saturated heterocycles. The Kier molecular flexibility index (Phi) is 3.30. The van der Waals surface area contributed by atoms with Crippen LogP contribution in [0, 0.1) is 5.82 Å². The number of hydrogen-bond donors (Lipinski definition) is 1. The molecule has 1 atom stereocenters. The summed E-state index contributed by atoms with van der Waals surface area (Å²) in [6.07, 6.45) is -1.09. The first-order chi connectivity index (χ1) is 6.50. The second kappa shape index (κ2) is 4.28. The van der Waals surface area contributed by atoms with Crippen molar-refractivity contribution in [3.8, 4) is 5.75 Å². The van der Waals surface area contributed by atoms with E-state index in [4.69, 9.17) is 21.4 Å². The molecule has 0 spiro atoms. The van der Waals surface area contributed by atoms with Crippen molar-refractivity contribution in [2.45, 2.75) is 13.0 Å². The third-order valence-corrected chi connectivity index (χ3v) is 1.78. The molecule has 0 amide bonds. The van der Waals surface area contributed by atoms with E-state index in [0.717, 1.165) is 6.07 Å². The molecular formula is C9H8ClFO3. The number of carbonyl (C=O) groups is 1. The lowest BCUT2D eigenvalue weighted by molar-refractivity contribution is -0.144. The predicted molar refractivity (Wildman–Crippen MR) is 49.1 cm³/mol. The lowest BCUT2D eigenvalue weighted by Crippen LogP contribution is -2.23. The minimum atomic E-state index is -1.15. The molecule has 0 fully saturated rings. The zero-order valence-corrected chi connectivity index (χ0v) is 8.08. The van der Waals surface area contributed by atoms with Crippen LogP contribution in [0.15, 0.2) is 18.2 Å². The molecule has 0 aliphatic heterocycles. The van der Waals surface area contributed by atoms with Gasteiger partial charge in [-0.2, -0.15) is 0 Å². The molecule has 1 aromatic carbocycles. The number of ether oxygens (including phenoxy) is 1. The second-order valence-corrected chi connectivity index (χ2v) is 3.11. The van der Waals surface area contributed by atoms with Gasteiger partial charge in [0.05, 0.1) is 0 Å². The minimum absolute atomic E-state index is 0.121. The number of carboxylic acids is 1. The maximum absolute atomic E-state index is 13.1. The van der Waals surface area contributed by atoms with Crippen LogP contribution < -0.4 is 4.74 Å². The van der Waals surface area contributed by atoms with Crippen LogP contribution in [0.1, 0.15) is 6.92 Å². The Morgan fingerprint density at radius 2 is 2.29 bits per heavy atom. The van der Waals surface area contributed by atoms with E-state index >= 15 is 0 Å². The van der Waals surface area contributed by atoms with E-state index < -0.39 is 17.9 Å². The van der Waals surface area contributed by atoms with Gasteiger partial charge in [0, 0.05) is 5.02 Å². The zero-order chi connectivity index (χ0) is 10.7. The van der Waals surface area contributed by atoms with Gasteiger partial charge >= 0.3 is 5.97 Å². The minimum Gasteiger partial charge on any atom is -0.479 e. The Morgan fingerprint density at radius 1 is 1.64 bits per heavy atom. The monoisotopic (exact) mass is 218 g/mol. The van der Waals surface area contributed by atoms with Crippen LogP contribution in [-0.4, -0.2) is 17.2 Å². The Hall–Kier alpha value is -1.29. The zero-order valence-electron chi connectivity index (χ0n) is 7.33. The van der Waals surface area contributed by atoms with Gasteiger partial charge in [-0.3, -0.25) is 0 Å². The van der Waals surface area contributed by atoms with Crippen molar-refractivity contribution in [3.05, 3.63) is 29.0 Å². The van der Waals surface area contributed by atoms with Crippen LogP contribution in [0.2, 0.25) is 5.02 Å². The number of hydrogen-bond acceptors (Lipinski definition) is 2. The van der Waals surface area contributed by atoms with Gasteiger partial charge in [-0.05, 0) is 25.1 Å². The molecular weight excluding hydrogens is 211 g/mol. The molecule has 3 nitrogen and oxygen atoms in total. The smallest absolute Gasteiger partial charge is 0.344 e. The van der Waals surface area contributed by atoms with Gasteiger partial charge < -0.3 is 9.84 Å². The lowest BCUT2D eigenvalue weighted by atomic mass is 10.3. The summed E-state index contributed by atoms with van der Waals surface area (Å²) in [5, 5.41) is 8.75. The van der Waals surface area contributed by atoms with E-state index in [-0.39, 0.29) is 10.8 Å². The van der Waals surface area contributed by atoms with Crippen LogP contribution in [0.5, 0.6) is 5.75 Å². The highest BCUT2D eigenvalue weighted by molar-refractivity contribution is 6.30. The summed E-state index contributed by atoms with van der Waals surface area (Å²) < 4.78 is 17.9. The van der Waals surface area contributed by atoms with E-state index in [1.807, 2.05) is 0 Å². The lowest BCUT2D eigenvalue weighted by Gasteiger charge is -2.10. The van der Waals surface area contributed by atoms with Crippen LogP contribution >= 0.6 is 11.6 Å². The van der Waals surface area contributed by atoms with Crippen LogP contribution in [0.25, 0.3) is 0 Å². The highest BCUT2D eigenvalue weighted by atomic mass is 35.5. The fourth-order valence-electron chi connectivity index (χ4n) is 0.812. The molecule has 14 heavy (non-hydrogen) atoms. The molecule has 76 valence electrons. The van der Waals surface area contributed by atoms with Crippen molar-refractivity contribution in [3.63, 3.8) is 0 Å². The molecule has 0 saturated carbocycles. The average molecular weight is 219 g/mol. The molecule has 1 unspecified atom stereocenters. The number of benzene rings is 1. The van der Waals surface area contributed by atoms with Crippen molar-refractivity contribution in [1.29, 1.82) is 0 Å². The topological polar surface area (TPSA) is 46.5 Å². The van der Waals surface area contributed by atoms with E-state index in [9.17, 15) is 9.18 Å². The van der Waals surface area contributed by atoms with Crippen molar-refractivity contribution in [1.82, 2.24) is 0 Å². The summed E-state index contributed by atoms with van der Waals surface area (Å²) in [7, 11) is 0. The first-order valence-electron chi connectivity index (χ1n) is 3.85. The largest absolute Gasteiger partial charge is 0.479 e. The molecule has 1 N–H and O–H groups in total. The fourth-order valence-corrected chi connectivity index (χ4v) is 0.970. The van der Waals surface area contributed by atoms with E-state index in [1.54, 1.807) is 0 Å². The molecule has 0 bridgehead atoms. The van der Waals surface area contributed by atoms with Gasteiger partial charge in [0.2, 0.25) is 0 Å². The first kappa shape index (κ1) is 10.8. The molecule has 0 aliphatic rings. The summed E-state index contributed by atoms with van der Waals surface area (Å²) in [4.78, 5) is 10.4. The maximum Gasteiger partial charge on any atom is 0.344 e. The highest BCUT2D eigenvalue weighted by Crippen LogP contribution is 2.21. The molecule has 0 radical (unpaired) electrons. The normalized spacial score (nSPS) is 12.2. The van der Waals surface area contributed by atoms with Crippen LogP contribution in [0.3, 0.4) is 0 Å². The third-order valence-electron chi connectivity index (χ3n) is 1.55. The van der Waals surface area contributed by atoms with E-state index in [0.29, 0.717) is 0 Å². The van der Waals surface area contributed by atoms with Gasteiger partial charge in [0.25, 0.3) is 0 Å². The second-order valence-electron chi connectivity index (χ2n) is 2.67. The summed E-state index contributed by atoms with van der Waals surface area (Å²) in [6, 6.07) is 3.77. The van der Waals surface area contributed by atoms with Crippen molar-refractivity contribution < 1.29 is 19.0 Å². The number of aliphatic carboxylic acids is 1. The molecule has 0 aliphatic carbocycles. The molecule has 0 aromatic heterocycles. The van der Waals surface area contributed by atoms with Gasteiger partial charge in [0.15, 0.2) is 17.7 Å². The SMILES string of the molecule is CC(Oc1ccc(Cl)cc1F)C(=O)O. The fraction of sp³-hybridized carbons (Fsp3) is 0.222. The van der Waals surface area contributed by atoms with Crippen molar-refractivity contribution in [2.24, 2.45) is 0 Å². The standard InChI is InChI=1S/C9H8ClFO3/c1-5(9(12)13)14-8-3-2-6(10)4-7(8)11/h2-5H,1H3,(H,12,13). The predicted octanol–water partition coefficient (Wildman–Crippen LogP) is 2.33. The average Bonchev–Trinajstić information content (AvgIpc) is 2.09. The summed E-state index contributed by atoms with van der Waals surface area (Å²) in [5.74, 6) is -1.95. The van der Waals surface area contributed by atoms with E-state index in [1.165, 1.54) is 19.1 Å². The van der Waals surface area contributed by atoms with Crippen LogP contribution in [0.4, 0.5) is 4.39 Å². The van der Waals surface area contributed by atoms with Crippen molar-refractivity contribution in [2.75, 3.05) is 0 Å². The third kappa shape index (κ3) is 2.60. The molecule has 1 rings (SSSR count). The van der Waals surface area contributed by atoms with E-state index in [2.05, 4.69) is 0 Å². The van der Waals surface area contributed by atoms with Gasteiger partial charge in [0.1, 0.15) is 0 Å². The number of halogens is 2.